The lowest BCUT2D eigenvalue weighted by Gasteiger charge is -2.17. The lowest BCUT2D eigenvalue weighted by atomic mass is 9.99. The molecule has 1 aromatic rings. The maximum Gasteiger partial charge on any atom is 0.416 e. The number of carbonyl (C=O) groups is 1. The molecule has 0 radical (unpaired) electrons. The summed E-state index contributed by atoms with van der Waals surface area (Å²) in [5.74, 6) is -0.157. The van der Waals surface area contributed by atoms with Crippen LogP contribution in [0.25, 0.3) is 0 Å². The maximum absolute atomic E-state index is 12.8. The van der Waals surface area contributed by atoms with Crippen LogP contribution in [0.4, 0.5) is 18.9 Å². The summed E-state index contributed by atoms with van der Waals surface area (Å²) in [6.45, 7) is 1.36. The number of nitrogens with one attached hydrogen (secondary N) is 1. The van der Waals surface area contributed by atoms with Gasteiger partial charge in [-0.05, 0) is 43.4 Å². The summed E-state index contributed by atoms with van der Waals surface area (Å²) in [5.41, 5.74) is 5.42. The summed E-state index contributed by atoms with van der Waals surface area (Å²) >= 11 is 0. The van der Waals surface area contributed by atoms with Crippen molar-refractivity contribution in [3.8, 4) is 0 Å². The van der Waals surface area contributed by atoms with Gasteiger partial charge < -0.3 is 11.1 Å². The van der Waals surface area contributed by atoms with Gasteiger partial charge in [-0.15, -0.1) is 12.4 Å². The molecule has 1 amide bonds. The van der Waals surface area contributed by atoms with Gasteiger partial charge in [0.2, 0.25) is 5.91 Å². The normalized spacial score (nSPS) is 21.3. The Morgan fingerprint density at radius 1 is 1.36 bits per heavy atom. The molecule has 0 heterocycles. The van der Waals surface area contributed by atoms with Crippen LogP contribution in [0.1, 0.15) is 36.8 Å². The van der Waals surface area contributed by atoms with Gasteiger partial charge >= 0.3 is 6.18 Å². The van der Waals surface area contributed by atoms with Crippen LogP contribution in [-0.2, 0) is 11.0 Å². The van der Waals surface area contributed by atoms with Crippen molar-refractivity contribution in [3.63, 3.8) is 0 Å². The van der Waals surface area contributed by atoms with Gasteiger partial charge in [-0.2, -0.15) is 13.2 Å². The fourth-order valence-electron chi connectivity index (χ4n) is 2.84. The highest BCUT2D eigenvalue weighted by Crippen LogP contribution is 2.34. The molecule has 0 unspecified atom stereocenters. The summed E-state index contributed by atoms with van der Waals surface area (Å²) in [6, 6.07) is 3.81. The molecule has 2 atom stereocenters. The first-order valence-corrected chi connectivity index (χ1v) is 7.01. The number of hydrogen-bond donors (Lipinski definition) is 2. The highest BCUT2D eigenvalue weighted by atomic mass is 35.5. The van der Waals surface area contributed by atoms with E-state index in [0.29, 0.717) is 0 Å². The van der Waals surface area contributed by atoms with Gasteiger partial charge in [0.05, 0.1) is 5.56 Å². The SMILES string of the molecule is Cc1c(NC(=O)C[C@@H]2CCC[C@H]2N)cccc1C(F)(F)F.Cl. The van der Waals surface area contributed by atoms with E-state index < -0.39 is 11.7 Å². The molecule has 0 bridgehead atoms. The number of rotatable bonds is 3. The zero-order valence-electron chi connectivity index (χ0n) is 12.2. The molecule has 3 nitrogen and oxygen atoms in total. The van der Waals surface area contributed by atoms with E-state index in [-0.39, 0.29) is 47.9 Å². The number of halogens is 4. The van der Waals surface area contributed by atoms with Crippen molar-refractivity contribution in [2.45, 2.75) is 44.8 Å². The van der Waals surface area contributed by atoms with E-state index in [0.717, 1.165) is 25.3 Å². The second kappa shape index (κ2) is 7.33. The third kappa shape index (κ3) is 4.36. The van der Waals surface area contributed by atoms with Crippen molar-refractivity contribution >= 4 is 24.0 Å². The summed E-state index contributed by atoms with van der Waals surface area (Å²) in [5, 5.41) is 2.58. The van der Waals surface area contributed by atoms with Crippen molar-refractivity contribution < 1.29 is 18.0 Å². The van der Waals surface area contributed by atoms with Gasteiger partial charge in [0.25, 0.3) is 0 Å². The molecule has 1 aliphatic rings. The Balaban J connectivity index is 0.00000242. The maximum atomic E-state index is 12.8. The lowest BCUT2D eigenvalue weighted by Crippen LogP contribution is -2.28. The molecule has 1 saturated carbocycles. The summed E-state index contributed by atoms with van der Waals surface area (Å²) < 4.78 is 38.4. The Morgan fingerprint density at radius 3 is 2.59 bits per heavy atom. The second-order valence-corrected chi connectivity index (χ2v) is 5.58. The molecule has 0 saturated heterocycles. The average molecular weight is 337 g/mol. The third-order valence-electron chi connectivity index (χ3n) is 4.08. The van der Waals surface area contributed by atoms with E-state index >= 15 is 0 Å². The van der Waals surface area contributed by atoms with Gasteiger partial charge in [-0.25, -0.2) is 0 Å². The molecule has 0 aliphatic heterocycles. The van der Waals surface area contributed by atoms with Gasteiger partial charge in [-0.1, -0.05) is 12.5 Å². The minimum atomic E-state index is -4.42. The standard InChI is InChI=1S/C15H19F3N2O.ClH/c1-9-11(15(16,17)18)5-3-7-13(9)20-14(21)8-10-4-2-6-12(10)19;/h3,5,7,10,12H,2,4,6,8,19H2,1H3,(H,20,21);1H/t10-,12+;/m0./s1. The number of alkyl halides is 3. The Labute approximate surface area is 133 Å². The number of anilines is 1. The highest BCUT2D eigenvalue weighted by molar-refractivity contribution is 5.91. The lowest BCUT2D eigenvalue weighted by molar-refractivity contribution is -0.138. The van der Waals surface area contributed by atoms with Crippen molar-refractivity contribution in [3.05, 3.63) is 29.3 Å². The molecule has 0 spiro atoms. The molecule has 22 heavy (non-hydrogen) atoms. The molecule has 0 aromatic heterocycles. The van der Waals surface area contributed by atoms with E-state index in [1.54, 1.807) is 0 Å². The quantitative estimate of drug-likeness (QED) is 0.879. The van der Waals surface area contributed by atoms with Crippen LogP contribution in [0.5, 0.6) is 0 Å². The summed E-state index contributed by atoms with van der Waals surface area (Å²) in [6.07, 6.45) is -1.35. The van der Waals surface area contributed by atoms with Crippen LogP contribution in [0.3, 0.4) is 0 Å². The average Bonchev–Trinajstić information content (AvgIpc) is 2.76. The third-order valence-corrected chi connectivity index (χ3v) is 4.08. The monoisotopic (exact) mass is 336 g/mol. The molecule has 7 heteroatoms. The van der Waals surface area contributed by atoms with E-state index in [2.05, 4.69) is 5.32 Å². The van der Waals surface area contributed by atoms with Crippen LogP contribution in [0.2, 0.25) is 0 Å². The van der Waals surface area contributed by atoms with Crippen molar-refractivity contribution in [2.24, 2.45) is 11.7 Å². The molecule has 3 N–H and O–H groups in total. The zero-order chi connectivity index (χ0) is 15.6. The number of hydrogen-bond acceptors (Lipinski definition) is 2. The van der Waals surface area contributed by atoms with Crippen molar-refractivity contribution in [1.82, 2.24) is 0 Å². The van der Waals surface area contributed by atoms with E-state index in [1.165, 1.54) is 19.1 Å². The number of carbonyl (C=O) groups excluding carboxylic acids is 1. The van der Waals surface area contributed by atoms with Crippen LogP contribution < -0.4 is 11.1 Å². The molecule has 124 valence electrons. The van der Waals surface area contributed by atoms with E-state index in [4.69, 9.17) is 5.73 Å². The van der Waals surface area contributed by atoms with Crippen molar-refractivity contribution in [2.75, 3.05) is 5.32 Å². The number of amides is 1. The molecular formula is C15H20ClF3N2O. The Kier molecular flexibility index (Phi) is 6.26. The second-order valence-electron chi connectivity index (χ2n) is 5.58. The van der Waals surface area contributed by atoms with Crippen LogP contribution >= 0.6 is 12.4 Å². The Hall–Kier alpha value is -1.27. The molecule has 2 rings (SSSR count). The first kappa shape index (κ1) is 18.8. The van der Waals surface area contributed by atoms with Gasteiger partial charge in [0.15, 0.2) is 0 Å². The summed E-state index contributed by atoms with van der Waals surface area (Å²) in [4.78, 5) is 12.0. The van der Waals surface area contributed by atoms with E-state index in [9.17, 15) is 18.0 Å². The zero-order valence-corrected chi connectivity index (χ0v) is 13.1. The minimum Gasteiger partial charge on any atom is -0.327 e. The Morgan fingerprint density at radius 2 is 2.05 bits per heavy atom. The predicted molar refractivity (Wildman–Crippen MR) is 82.0 cm³/mol. The topological polar surface area (TPSA) is 55.1 Å². The smallest absolute Gasteiger partial charge is 0.327 e. The minimum absolute atomic E-state index is 0. The van der Waals surface area contributed by atoms with Gasteiger partial charge in [-0.3, -0.25) is 4.79 Å². The van der Waals surface area contributed by atoms with Crippen molar-refractivity contribution in [1.29, 1.82) is 0 Å². The molecule has 1 fully saturated rings. The highest BCUT2D eigenvalue weighted by Gasteiger charge is 2.33. The van der Waals surface area contributed by atoms with Crippen LogP contribution in [-0.4, -0.2) is 11.9 Å². The van der Waals surface area contributed by atoms with Gasteiger partial charge in [0.1, 0.15) is 0 Å². The fourth-order valence-corrected chi connectivity index (χ4v) is 2.84. The molecular weight excluding hydrogens is 317 g/mol. The van der Waals surface area contributed by atoms with Gasteiger partial charge in [0, 0.05) is 18.2 Å². The number of benzene rings is 1. The predicted octanol–water partition coefficient (Wildman–Crippen LogP) is 3.89. The van der Waals surface area contributed by atoms with Crippen LogP contribution in [0.15, 0.2) is 18.2 Å². The molecule has 1 aromatic carbocycles. The first-order valence-electron chi connectivity index (χ1n) is 7.01. The number of nitrogens with two attached hydrogens (primary N) is 1. The van der Waals surface area contributed by atoms with Crippen LogP contribution in [0, 0.1) is 12.8 Å². The molecule has 1 aliphatic carbocycles. The fraction of sp³-hybridized carbons (Fsp3) is 0.533. The first-order chi connectivity index (χ1) is 9.79. The van der Waals surface area contributed by atoms with E-state index in [1.807, 2.05) is 0 Å². The largest absolute Gasteiger partial charge is 0.416 e. The Bertz CT molecular complexity index is 534. The summed E-state index contributed by atoms with van der Waals surface area (Å²) in [7, 11) is 0.